The molecule has 0 aliphatic heterocycles. The largest absolute Gasteiger partial charge is 0.410 e. The molecule has 0 nitrogen and oxygen atoms in total. The van der Waals surface area contributed by atoms with Gasteiger partial charge in [0.05, 0.1) is 0 Å². The fourth-order valence-electron chi connectivity index (χ4n) is 3.30. The van der Waals surface area contributed by atoms with E-state index in [0.29, 0.717) is 12.1 Å². The van der Waals surface area contributed by atoms with Crippen molar-refractivity contribution in [2.45, 2.75) is 61.7 Å². The molecule has 0 aromatic heterocycles. The van der Waals surface area contributed by atoms with Crippen molar-refractivity contribution in [2.24, 2.45) is 0 Å². The number of alkyl halides is 12. The normalized spacial score (nSPS) is 15.4. The van der Waals surface area contributed by atoms with Gasteiger partial charge in [0, 0.05) is 0 Å². The fourth-order valence-corrected chi connectivity index (χ4v) is 3.30. The maximum atomic E-state index is 13.7. The van der Waals surface area contributed by atoms with Crippen LogP contribution in [-0.4, -0.2) is 24.7 Å². The van der Waals surface area contributed by atoms with Crippen LogP contribution in [0.4, 0.5) is 52.7 Å². The summed E-state index contributed by atoms with van der Waals surface area (Å²) in [6, 6.07) is 0.235. The lowest BCUT2D eigenvalue weighted by Gasteiger charge is -2.39. The molecule has 0 heterocycles. The summed E-state index contributed by atoms with van der Waals surface area (Å²) in [5.41, 5.74) is -14.1. The number of allylic oxidation sites excluding steroid dienone is 2. The highest BCUT2D eigenvalue weighted by Gasteiger charge is 2.72. The van der Waals surface area contributed by atoms with E-state index in [0.717, 1.165) is 0 Å². The van der Waals surface area contributed by atoms with Gasteiger partial charge in [0.25, 0.3) is 0 Å². The first-order valence-corrected chi connectivity index (χ1v) is 8.88. The number of halogens is 12. The number of rotatable bonds is 6. The van der Waals surface area contributed by atoms with Crippen LogP contribution in [0.3, 0.4) is 0 Å². The highest BCUT2D eigenvalue weighted by atomic mass is 19.4. The van der Waals surface area contributed by atoms with Crippen LogP contribution in [0.5, 0.6) is 0 Å². The van der Waals surface area contributed by atoms with Gasteiger partial charge in [0.1, 0.15) is 0 Å². The SMILES string of the molecule is C=CC(c1cc(C(C)CC)cc(C(C=C)(C(F)(F)F)C(F)(F)F)c1)(C(F)(F)F)C(F)(F)F. The maximum Gasteiger partial charge on any atom is 0.410 e. The van der Waals surface area contributed by atoms with E-state index in [-0.39, 0.29) is 12.5 Å². The van der Waals surface area contributed by atoms with Gasteiger partial charge >= 0.3 is 24.7 Å². The minimum absolute atomic E-state index is 0.00113. The standard InChI is InChI=1S/C20H18F12/c1-5-11(4)12-8-13(15(6-2,17(21,22)23)18(24,25)26)10-14(9-12)16(7-3,19(27,28)29)20(30,31)32/h6-11H,2-3,5H2,1,4H3. The second kappa shape index (κ2) is 8.33. The molecule has 0 spiro atoms. The van der Waals surface area contributed by atoms with E-state index in [2.05, 4.69) is 13.2 Å². The zero-order valence-corrected chi connectivity index (χ0v) is 16.6. The van der Waals surface area contributed by atoms with E-state index in [4.69, 9.17) is 0 Å². The van der Waals surface area contributed by atoms with E-state index in [1.165, 1.54) is 13.8 Å². The van der Waals surface area contributed by atoms with E-state index in [9.17, 15) is 52.7 Å². The Morgan fingerprint density at radius 2 is 0.938 bits per heavy atom. The molecule has 0 aliphatic rings. The molecule has 0 aliphatic carbocycles. The molecule has 0 saturated heterocycles. The fraction of sp³-hybridized carbons (Fsp3) is 0.500. The molecule has 32 heavy (non-hydrogen) atoms. The molecule has 0 saturated carbocycles. The Labute approximate surface area is 175 Å². The molecule has 0 fully saturated rings. The van der Waals surface area contributed by atoms with Gasteiger partial charge in [0.2, 0.25) is 10.8 Å². The molecule has 1 aromatic carbocycles. The third-order valence-electron chi connectivity index (χ3n) is 5.45. The summed E-state index contributed by atoms with van der Waals surface area (Å²) in [6.07, 6.45) is -25.9. The molecule has 12 heteroatoms. The van der Waals surface area contributed by atoms with Crippen molar-refractivity contribution in [3.63, 3.8) is 0 Å². The molecule has 1 unspecified atom stereocenters. The highest BCUT2D eigenvalue weighted by molar-refractivity contribution is 5.47. The Balaban J connectivity index is 4.34. The molecule has 0 N–H and O–H groups in total. The van der Waals surface area contributed by atoms with Crippen molar-refractivity contribution in [1.29, 1.82) is 0 Å². The van der Waals surface area contributed by atoms with E-state index in [1.807, 2.05) is 0 Å². The van der Waals surface area contributed by atoms with Gasteiger partial charge in [-0.15, -0.1) is 13.2 Å². The van der Waals surface area contributed by atoms with E-state index >= 15 is 0 Å². The van der Waals surface area contributed by atoms with Crippen molar-refractivity contribution in [3.05, 3.63) is 60.2 Å². The summed E-state index contributed by atoms with van der Waals surface area (Å²) in [5, 5.41) is 0. The van der Waals surface area contributed by atoms with Gasteiger partial charge in [-0.05, 0) is 29.0 Å². The van der Waals surface area contributed by atoms with Crippen LogP contribution in [0.25, 0.3) is 0 Å². The van der Waals surface area contributed by atoms with E-state index in [1.54, 1.807) is 0 Å². The molecule has 1 rings (SSSR count). The molecule has 1 aromatic rings. The summed E-state index contributed by atoms with van der Waals surface area (Å²) in [7, 11) is 0. The van der Waals surface area contributed by atoms with Crippen molar-refractivity contribution in [2.75, 3.05) is 0 Å². The lowest BCUT2D eigenvalue weighted by Crippen LogP contribution is -2.54. The van der Waals surface area contributed by atoms with Gasteiger partial charge in [0.15, 0.2) is 0 Å². The third kappa shape index (κ3) is 4.12. The Bertz CT molecular complexity index is 746. The van der Waals surface area contributed by atoms with Crippen LogP contribution in [0.15, 0.2) is 43.5 Å². The average molecular weight is 486 g/mol. The zero-order chi connectivity index (χ0) is 25.6. The first kappa shape index (κ1) is 27.9. The van der Waals surface area contributed by atoms with E-state index < -0.39 is 70.3 Å². The monoisotopic (exact) mass is 486 g/mol. The maximum absolute atomic E-state index is 13.7. The van der Waals surface area contributed by atoms with Gasteiger partial charge in [-0.1, -0.05) is 44.2 Å². The van der Waals surface area contributed by atoms with Gasteiger partial charge in [-0.2, -0.15) is 52.7 Å². The summed E-state index contributed by atoms with van der Waals surface area (Å²) >= 11 is 0. The lowest BCUT2D eigenvalue weighted by molar-refractivity contribution is -0.286. The van der Waals surface area contributed by atoms with Crippen LogP contribution in [-0.2, 0) is 10.8 Å². The first-order valence-electron chi connectivity index (χ1n) is 8.88. The van der Waals surface area contributed by atoms with Gasteiger partial charge < -0.3 is 0 Å². The number of benzene rings is 1. The highest BCUT2D eigenvalue weighted by Crippen LogP contribution is 2.57. The lowest BCUT2D eigenvalue weighted by atomic mass is 9.72. The van der Waals surface area contributed by atoms with Crippen molar-refractivity contribution < 1.29 is 52.7 Å². The minimum atomic E-state index is -6.17. The summed E-state index contributed by atoms with van der Waals surface area (Å²) in [4.78, 5) is 0. The van der Waals surface area contributed by atoms with Crippen LogP contribution >= 0.6 is 0 Å². The summed E-state index contributed by atoms with van der Waals surface area (Å²) in [5.74, 6) is -0.971. The van der Waals surface area contributed by atoms with Crippen LogP contribution in [0.1, 0.15) is 42.9 Å². The predicted octanol–water partition coefficient (Wildman–Crippen LogP) is 8.30. The van der Waals surface area contributed by atoms with Crippen molar-refractivity contribution >= 4 is 0 Å². The Morgan fingerprint density at radius 3 is 1.12 bits per heavy atom. The zero-order valence-electron chi connectivity index (χ0n) is 16.6. The van der Waals surface area contributed by atoms with Crippen LogP contribution < -0.4 is 0 Å². The topological polar surface area (TPSA) is 0 Å². The van der Waals surface area contributed by atoms with Crippen molar-refractivity contribution in [1.82, 2.24) is 0 Å². The second-order valence-corrected chi connectivity index (χ2v) is 7.17. The molecule has 1 atom stereocenters. The molecule has 0 radical (unpaired) electrons. The Morgan fingerprint density at radius 1 is 0.656 bits per heavy atom. The summed E-state index contributed by atoms with van der Waals surface area (Å²) in [6.45, 7) is 7.72. The van der Waals surface area contributed by atoms with Gasteiger partial charge in [-0.3, -0.25) is 0 Å². The second-order valence-electron chi connectivity index (χ2n) is 7.17. The molecule has 0 bridgehead atoms. The quantitative estimate of drug-likeness (QED) is 0.280. The number of hydrogen-bond donors (Lipinski definition) is 0. The van der Waals surface area contributed by atoms with Crippen LogP contribution in [0, 0.1) is 0 Å². The molecule has 0 amide bonds. The average Bonchev–Trinajstić information content (AvgIpc) is 2.57. The van der Waals surface area contributed by atoms with Gasteiger partial charge in [-0.25, -0.2) is 0 Å². The number of hydrogen-bond acceptors (Lipinski definition) is 0. The Kier molecular flexibility index (Phi) is 7.26. The molecule has 182 valence electrons. The smallest absolute Gasteiger partial charge is 0.169 e. The third-order valence-corrected chi connectivity index (χ3v) is 5.45. The molecular formula is C20H18F12. The first-order chi connectivity index (χ1) is 14.2. The summed E-state index contributed by atoms with van der Waals surface area (Å²) < 4.78 is 164. The predicted molar refractivity (Wildman–Crippen MR) is 93.1 cm³/mol. The Hall–Kier alpha value is -2.14. The minimum Gasteiger partial charge on any atom is -0.169 e. The van der Waals surface area contributed by atoms with Crippen molar-refractivity contribution in [3.8, 4) is 0 Å². The van der Waals surface area contributed by atoms with Crippen LogP contribution in [0.2, 0.25) is 0 Å². The molecular weight excluding hydrogens is 468 g/mol.